The van der Waals surface area contributed by atoms with Gasteiger partial charge in [0.2, 0.25) is 5.43 Å². The molecule has 1 N–H and O–H groups in total. The molecular formula is C12H11N3O. The summed E-state index contributed by atoms with van der Waals surface area (Å²) in [7, 11) is 3.82. The molecule has 1 aromatic heterocycles. The van der Waals surface area contributed by atoms with E-state index in [-0.39, 0.29) is 11.0 Å². The number of pyridine rings is 1. The zero-order valence-corrected chi connectivity index (χ0v) is 9.11. The number of H-pyrrole nitrogens is 1. The number of aromatic amines is 1. The smallest absolute Gasteiger partial charge is 0.207 e. The predicted molar refractivity (Wildman–Crippen MR) is 63.6 cm³/mol. The van der Waals surface area contributed by atoms with E-state index >= 15 is 0 Å². The fraction of sp³-hybridized carbons (Fsp3) is 0.167. The second kappa shape index (κ2) is 3.70. The van der Waals surface area contributed by atoms with Crippen LogP contribution in [-0.2, 0) is 0 Å². The van der Waals surface area contributed by atoms with Crippen molar-refractivity contribution >= 4 is 16.6 Å². The Kier molecular flexibility index (Phi) is 2.37. The Hall–Kier alpha value is -2.28. The predicted octanol–water partition coefficient (Wildman–Crippen LogP) is 1.47. The van der Waals surface area contributed by atoms with Gasteiger partial charge in [0.25, 0.3) is 0 Å². The molecule has 80 valence electrons. The minimum Gasteiger partial charge on any atom is -0.376 e. The zero-order valence-electron chi connectivity index (χ0n) is 9.11. The van der Waals surface area contributed by atoms with Crippen LogP contribution < -0.4 is 10.3 Å². The van der Waals surface area contributed by atoms with Crippen LogP contribution in [0.15, 0.2) is 29.2 Å². The standard InChI is InChI=1S/C12H11N3O/c1-15(2)10-5-3-4-9-11(10)14-7-8(6-13)12(9)16/h3-5,7H,1-2H3,(H,14,16). The first-order valence-electron chi connectivity index (χ1n) is 4.87. The summed E-state index contributed by atoms with van der Waals surface area (Å²) in [6.45, 7) is 0. The third-order valence-corrected chi connectivity index (χ3v) is 2.49. The molecule has 0 spiro atoms. The Bertz CT molecular complexity index is 635. The highest BCUT2D eigenvalue weighted by Crippen LogP contribution is 2.20. The summed E-state index contributed by atoms with van der Waals surface area (Å²) >= 11 is 0. The van der Waals surface area contributed by atoms with Crippen molar-refractivity contribution in [1.29, 1.82) is 5.26 Å². The quantitative estimate of drug-likeness (QED) is 0.780. The van der Waals surface area contributed by atoms with Gasteiger partial charge in [-0.25, -0.2) is 0 Å². The van der Waals surface area contributed by atoms with E-state index in [0.29, 0.717) is 5.39 Å². The van der Waals surface area contributed by atoms with Gasteiger partial charge in [0.1, 0.15) is 11.6 Å². The van der Waals surface area contributed by atoms with Crippen LogP contribution in [0, 0.1) is 11.3 Å². The van der Waals surface area contributed by atoms with Crippen molar-refractivity contribution < 1.29 is 0 Å². The maximum Gasteiger partial charge on any atom is 0.207 e. The zero-order chi connectivity index (χ0) is 11.7. The summed E-state index contributed by atoms with van der Waals surface area (Å²) in [6, 6.07) is 7.34. The van der Waals surface area contributed by atoms with E-state index in [1.165, 1.54) is 6.20 Å². The number of hydrogen-bond donors (Lipinski definition) is 1. The molecule has 0 saturated heterocycles. The Morgan fingerprint density at radius 1 is 1.38 bits per heavy atom. The van der Waals surface area contributed by atoms with Gasteiger partial charge >= 0.3 is 0 Å². The van der Waals surface area contributed by atoms with Gasteiger partial charge in [0, 0.05) is 25.7 Å². The molecule has 1 heterocycles. The number of anilines is 1. The highest BCUT2D eigenvalue weighted by Gasteiger charge is 2.08. The summed E-state index contributed by atoms with van der Waals surface area (Å²) in [6.07, 6.45) is 1.46. The largest absolute Gasteiger partial charge is 0.376 e. The molecule has 0 atom stereocenters. The van der Waals surface area contributed by atoms with Crippen LogP contribution >= 0.6 is 0 Å². The van der Waals surface area contributed by atoms with Crippen LogP contribution in [0.2, 0.25) is 0 Å². The van der Waals surface area contributed by atoms with Crippen LogP contribution in [0.1, 0.15) is 5.56 Å². The van der Waals surface area contributed by atoms with Gasteiger partial charge in [0.15, 0.2) is 0 Å². The van der Waals surface area contributed by atoms with E-state index in [1.807, 2.05) is 37.2 Å². The van der Waals surface area contributed by atoms with E-state index < -0.39 is 0 Å². The lowest BCUT2D eigenvalue weighted by Gasteiger charge is -2.14. The first kappa shape index (κ1) is 10.2. The summed E-state index contributed by atoms with van der Waals surface area (Å²) < 4.78 is 0. The van der Waals surface area contributed by atoms with E-state index in [2.05, 4.69) is 4.98 Å². The lowest BCUT2D eigenvalue weighted by Crippen LogP contribution is -2.13. The van der Waals surface area contributed by atoms with Gasteiger partial charge < -0.3 is 9.88 Å². The van der Waals surface area contributed by atoms with Gasteiger partial charge in [-0.2, -0.15) is 5.26 Å². The molecule has 0 unspecified atom stereocenters. The van der Waals surface area contributed by atoms with Crippen molar-refractivity contribution in [2.24, 2.45) is 0 Å². The van der Waals surface area contributed by atoms with Crippen molar-refractivity contribution in [2.45, 2.75) is 0 Å². The van der Waals surface area contributed by atoms with Gasteiger partial charge in [-0.05, 0) is 12.1 Å². The Labute approximate surface area is 92.7 Å². The summed E-state index contributed by atoms with van der Waals surface area (Å²) in [5, 5.41) is 9.32. The van der Waals surface area contributed by atoms with Crippen molar-refractivity contribution in [1.82, 2.24) is 4.98 Å². The van der Waals surface area contributed by atoms with E-state index in [0.717, 1.165) is 11.2 Å². The van der Waals surface area contributed by atoms with Crippen LogP contribution in [-0.4, -0.2) is 19.1 Å². The van der Waals surface area contributed by atoms with Crippen molar-refractivity contribution in [3.63, 3.8) is 0 Å². The van der Waals surface area contributed by atoms with E-state index in [4.69, 9.17) is 5.26 Å². The SMILES string of the molecule is CN(C)c1cccc2c(=O)c(C#N)c[nH]c12. The van der Waals surface area contributed by atoms with Crippen LogP contribution in [0.4, 0.5) is 5.69 Å². The molecule has 16 heavy (non-hydrogen) atoms. The van der Waals surface area contributed by atoms with Gasteiger partial charge in [-0.15, -0.1) is 0 Å². The normalized spacial score (nSPS) is 10.1. The fourth-order valence-electron chi connectivity index (χ4n) is 1.69. The monoisotopic (exact) mass is 213 g/mol. The van der Waals surface area contributed by atoms with E-state index in [1.54, 1.807) is 6.07 Å². The molecular weight excluding hydrogens is 202 g/mol. The molecule has 1 aromatic carbocycles. The number of aromatic nitrogens is 1. The van der Waals surface area contributed by atoms with Crippen LogP contribution in [0.25, 0.3) is 10.9 Å². The van der Waals surface area contributed by atoms with Gasteiger partial charge in [0.05, 0.1) is 11.2 Å². The Morgan fingerprint density at radius 3 is 2.75 bits per heavy atom. The maximum atomic E-state index is 11.9. The fourth-order valence-corrected chi connectivity index (χ4v) is 1.69. The topological polar surface area (TPSA) is 59.9 Å². The molecule has 0 saturated carbocycles. The Morgan fingerprint density at radius 2 is 2.12 bits per heavy atom. The van der Waals surface area contributed by atoms with Gasteiger partial charge in [-0.3, -0.25) is 4.79 Å². The molecule has 0 aliphatic heterocycles. The average molecular weight is 213 g/mol. The molecule has 0 radical (unpaired) electrons. The molecule has 2 rings (SSSR count). The average Bonchev–Trinajstić information content (AvgIpc) is 2.29. The minimum atomic E-state index is -0.222. The lowest BCUT2D eigenvalue weighted by molar-refractivity contribution is 1.13. The number of nitrogens with one attached hydrogen (secondary N) is 1. The molecule has 0 bridgehead atoms. The maximum absolute atomic E-state index is 11.9. The second-order valence-electron chi connectivity index (χ2n) is 3.74. The van der Waals surface area contributed by atoms with E-state index in [9.17, 15) is 4.79 Å². The number of nitriles is 1. The summed E-state index contributed by atoms with van der Waals surface area (Å²) in [5.41, 5.74) is 1.61. The third-order valence-electron chi connectivity index (χ3n) is 2.49. The summed E-state index contributed by atoms with van der Waals surface area (Å²) in [5.74, 6) is 0. The molecule has 2 aromatic rings. The molecule has 4 nitrogen and oxygen atoms in total. The lowest BCUT2D eigenvalue weighted by atomic mass is 10.1. The number of hydrogen-bond acceptors (Lipinski definition) is 3. The first-order valence-corrected chi connectivity index (χ1v) is 4.87. The number of para-hydroxylation sites is 1. The molecule has 0 fully saturated rings. The molecule has 0 amide bonds. The second-order valence-corrected chi connectivity index (χ2v) is 3.74. The Balaban J connectivity index is 2.90. The van der Waals surface area contributed by atoms with Gasteiger partial charge in [-0.1, -0.05) is 6.07 Å². The molecule has 4 heteroatoms. The van der Waals surface area contributed by atoms with Crippen molar-refractivity contribution in [2.75, 3.05) is 19.0 Å². The minimum absolute atomic E-state index is 0.142. The van der Waals surface area contributed by atoms with Crippen LogP contribution in [0.5, 0.6) is 0 Å². The molecule has 0 aliphatic rings. The number of benzene rings is 1. The number of nitrogens with zero attached hydrogens (tertiary/aromatic N) is 2. The highest BCUT2D eigenvalue weighted by molar-refractivity contribution is 5.91. The molecule has 0 aliphatic carbocycles. The third kappa shape index (κ3) is 1.43. The summed E-state index contributed by atoms with van der Waals surface area (Å²) in [4.78, 5) is 16.8. The highest BCUT2D eigenvalue weighted by atomic mass is 16.1. The van der Waals surface area contributed by atoms with Crippen molar-refractivity contribution in [3.8, 4) is 6.07 Å². The van der Waals surface area contributed by atoms with Crippen molar-refractivity contribution in [3.05, 3.63) is 40.2 Å². The number of rotatable bonds is 1. The number of fused-ring (bicyclic) bond motifs is 1. The first-order chi connectivity index (χ1) is 7.65. The van der Waals surface area contributed by atoms with Crippen LogP contribution in [0.3, 0.4) is 0 Å².